The summed E-state index contributed by atoms with van der Waals surface area (Å²) < 4.78 is 25.9. The molecular weight excluding hydrogens is 453 g/mol. The Morgan fingerprint density at radius 1 is 1.43 bits per heavy atom. The fourth-order valence-electron chi connectivity index (χ4n) is 3.45. The molecule has 186 valence electrons. The van der Waals surface area contributed by atoms with Gasteiger partial charge in [-0.15, -0.1) is 0 Å². The van der Waals surface area contributed by atoms with Crippen LogP contribution in [0.3, 0.4) is 0 Å². The van der Waals surface area contributed by atoms with Crippen molar-refractivity contribution in [2.24, 2.45) is 0 Å². The van der Waals surface area contributed by atoms with Gasteiger partial charge in [-0.1, -0.05) is 6.92 Å². The molecule has 1 aromatic heterocycles. The molecule has 0 spiro atoms. The summed E-state index contributed by atoms with van der Waals surface area (Å²) in [5.74, 6) is 0.656. The Balaban J connectivity index is 1.62. The molecule has 1 fully saturated rings. The molecule has 1 atom stereocenters. The number of halogens is 1. The van der Waals surface area contributed by atoms with Crippen molar-refractivity contribution < 1.29 is 23.8 Å². The highest BCUT2D eigenvalue weighted by molar-refractivity contribution is 5.90. The van der Waals surface area contributed by atoms with Crippen molar-refractivity contribution in [3.63, 3.8) is 0 Å². The lowest BCUT2D eigenvalue weighted by atomic mass is 10.1. The predicted octanol–water partition coefficient (Wildman–Crippen LogP) is 4.55. The fraction of sp³-hybridized carbons (Fsp3) is 0.320. The van der Waals surface area contributed by atoms with Gasteiger partial charge in [0.1, 0.15) is 24.0 Å². The van der Waals surface area contributed by atoms with Crippen LogP contribution in [0.15, 0.2) is 60.7 Å². The molecular formula is C25H30FN5O4. The number of nitrogens with zero attached hydrogens (tertiary/aromatic N) is 3. The SMILES string of the molecule is CC/C=C(\C=C/O)OCC1CN(c2ccc(-c3ccc(NCCN(C)C=N)nc3)c(F)c2)C(=O)O1. The minimum atomic E-state index is -0.574. The summed E-state index contributed by atoms with van der Waals surface area (Å²) in [6.45, 7) is 3.54. The summed E-state index contributed by atoms with van der Waals surface area (Å²) in [6, 6.07) is 8.12. The van der Waals surface area contributed by atoms with Crippen LogP contribution in [0.4, 0.5) is 20.7 Å². The number of aromatic nitrogens is 1. The quantitative estimate of drug-likeness (QED) is 0.176. The van der Waals surface area contributed by atoms with Gasteiger partial charge in [-0.3, -0.25) is 10.3 Å². The van der Waals surface area contributed by atoms with Crippen LogP contribution in [0.2, 0.25) is 0 Å². The maximum atomic E-state index is 15.0. The summed E-state index contributed by atoms with van der Waals surface area (Å²) >= 11 is 0. The fourth-order valence-corrected chi connectivity index (χ4v) is 3.45. The lowest BCUT2D eigenvalue weighted by molar-refractivity contribution is 0.0805. The number of carbonyl (C=O) groups excluding carboxylic acids is 1. The Morgan fingerprint density at radius 2 is 2.26 bits per heavy atom. The number of amides is 1. The van der Waals surface area contributed by atoms with E-state index in [0.29, 0.717) is 41.5 Å². The first kappa shape index (κ1) is 25.5. The number of rotatable bonds is 12. The molecule has 2 aromatic rings. The van der Waals surface area contributed by atoms with Crippen LogP contribution in [0, 0.1) is 11.2 Å². The van der Waals surface area contributed by atoms with Crippen LogP contribution >= 0.6 is 0 Å². The minimum absolute atomic E-state index is 0.114. The Labute approximate surface area is 204 Å². The number of carbonyl (C=O) groups is 1. The zero-order valence-corrected chi connectivity index (χ0v) is 19.8. The van der Waals surface area contributed by atoms with Crippen LogP contribution in [-0.2, 0) is 9.47 Å². The van der Waals surface area contributed by atoms with E-state index >= 15 is 0 Å². The molecule has 0 bridgehead atoms. The zero-order valence-electron chi connectivity index (χ0n) is 19.8. The molecule has 0 saturated carbocycles. The second kappa shape index (κ2) is 12.4. The van der Waals surface area contributed by atoms with Gasteiger partial charge in [-0.2, -0.15) is 0 Å². The molecule has 10 heteroatoms. The lowest BCUT2D eigenvalue weighted by Gasteiger charge is -2.15. The topological polar surface area (TPSA) is 111 Å². The average molecular weight is 484 g/mol. The molecule has 3 N–H and O–H groups in total. The van der Waals surface area contributed by atoms with Crippen molar-refractivity contribution in [1.29, 1.82) is 5.41 Å². The van der Waals surface area contributed by atoms with Crippen LogP contribution in [0.25, 0.3) is 11.1 Å². The molecule has 1 saturated heterocycles. The third-order valence-electron chi connectivity index (χ3n) is 5.28. The van der Waals surface area contributed by atoms with Crippen LogP contribution in [0.5, 0.6) is 0 Å². The van der Waals surface area contributed by atoms with Gasteiger partial charge in [-0.05, 0) is 42.8 Å². The summed E-state index contributed by atoms with van der Waals surface area (Å²) in [4.78, 5) is 19.8. The maximum Gasteiger partial charge on any atom is 0.414 e. The summed E-state index contributed by atoms with van der Waals surface area (Å²) in [7, 11) is 1.81. The van der Waals surface area contributed by atoms with Gasteiger partial charge < -0.3 is 24.8 Å². The van der Waals surface area contributed by atoms with E-state index in [1.165, 1.54) is 23.4 Å². The number of likely N-dealkylation sites (N-methyl/N-ethyl adjacent to an activating group) is 1. The van der Waals surface area contributed by atoms with Gasteiger partial charge in [-0.25, -0.2) is 14.2 Å². The van der Waals surface area contributed by atoms with E-state index in [-0.39, 0.29) is 13.2 Å². The molecule has 1 aromatic carbocycles. The number of nitrogens with one attached hydrogen (secondary N) is 2. The largest absolute Gasteiger partial charge is 0.515 e. The number of hydrogen-bond acceptors (Lipinski definition) is 7. The predicted molar refractivity (Wildman–Crippen MR) is 133 cm³/mol. The molecule has 1 aliphatic heterocycles. The van der Waals surface area contributed by atoms with E-state index in [4.69, 9.17) is 20.0 Å². The van der Waals surface area contributed by atoms with E-state index < -0.39 is 18.0 Å². The number of benzene rings is 1. The zero-order chi connectivity index (χ0) is 25.2. The number of cyclic esters (lactones) is 1. The summed E-state index contributed by atoms with van der Waals surface area (Å²) in [5.41, 5.74) is 1.37. The number of ether oxygens (including phenoxy) is 2. The van der Waals surface area contributed by atoms with Crippen molar-refractivity contribution in [3.8, 4) is 11.1 Å². The highest BCUT2D eigenvalue weighted by Crippen LogP contribution is 2.29. The molecule has 1 amide bonds. The lowest BCUT2D eigenvalue weighted by Crippen LogP contribution is -2.26. The normalized spacial score (nSPS) is 15.9. The Bertz CT molecular complexity index is 1070. The smallest absolute Gasteiger partial charge is 0.414 e. The number of pyridine rings is 1. The molecule has 3 rings (SSSR count). The number of hydrogen-bond donors (Lipinski definition) is 3. The van der Waals surface area contributed by atoms with Gasteiger partial charge in [0.25, 0.3) is 0 Å². The first-order valence-corrected chi connectivity index (χ1v) is 11.3. The van der Waals surface area contributed by atoms with Gasteiger partial charge in [0.2, 0.25) is 0 Å². The third kappa shape index (κ3) is 6.95. The van der Waals surface area contributed by atoms with Crippen molar-refractivity contribution in [1.82, 2.24) is 9.88 Å². The molecule has 2 heterocycles. The molecule has 9 nitrogen and oxygen atoms in total. The number of aliphatic hydroxyl groups excluding tert-OH is 1. The van der Waals surface area contributed by atoms with Gasteiger partial charge in [0.05, 0.1) is 24.8 Å². The van der Waals surface area contributed by atoms with E-state index in [1.54, 1.807) is 41.4 Å². The van der Waals surface area contributed by atoms with Crippen LogP contribution < -0.4 is 10.2 Å². The standard InChI is InChI=1S/C25H30FN5O4/c1-3-4-20(9-12-32)34-16-21-15-31(25(33)35-21)19-6-7-22(23(26)13-19)18-5-8-24(29-14-18)28-10-11-30(2)17-27/h4-9,12-14,17,21,27,32H,3,10-11,15-16H2,1-2H3,(H,28,29)/b12-9-,20-4+,27-17?. The van der Waals surface area contributed by atoms with Crippen molar-refractivity contribution in [2.75, 3.05) is 43.5 Å². The average Bonchev–Trinajstić information content (AvgIpc) is 3.23. The molecule has 1 aliphatic rings. The maximum absolute atomic E-state index is 15.0. The first-order valence-electron chi connectivity index (χ1n) is 11.3. The van der Waals surface area contributed by atoms with Gasteiger partial charge in [0, 0.05) is 43.5 Å². The Hall–Kier alpha value is -4.08. The van der Waals surface area contributed by atoms with Gasteiger partial charge in [0.15, 0.2) is 6.10 Å². The number of aliphatic hydroxyl groups is 1. The van der Waals surface area contributed by atoms with E-state index in [0.717, 1.165) is 12.7 Å². The van der Waals surface area contributed by atoms with E-state index in [2.05, 4.69) is 10.3 Å². The van der Waals surface area contributed by atoms with Crippen molar-refractivity contribution in [3.05, 3.63) is 66.5 Å². The summed E-state index contributed by atoms with van der Waals surface area (Å²) in [5, 5.41) is 19.3. The van der Waals surface area contributed by atoms with E-state index in [1.807, 2.05) is 14.0 Å². The Kier molecular flexibility index (Phi) is 9.05. The molecule has 0 aliphatic carbocycles. The molecule has 35 heavy (non-hydrogen) atoms. The number of anilines is 2. The minimum Gasteiger partial charge on any atom is -0.515 e. The highest BCUT2D eigenvalue weighted by Gasteiger charge is 2.33. The second-order valence-corrected chi connectivity index (χ2v) is 7.89. The number of allylic oxidation sites excluding steroid dienone is 2. The molecule has 0 radical (unpaired) electrons. The summed E-state index contributed by atoms with van der Waals surface area (Å²) in [6.07, 6.45) is 6.55. The van der Waals surface area contributed by atoms with E-state index in [9.17, 15) is 9.18 Å². The monoisotopic (exact) mass is 483 g/mol. The first-order chi connectivity index (χ1) is 16.9. The van der Waals surface area contributed by atoms with Crippen molar-refractivity contribution >= 4 is 23.9 Å². The van der Waals surface area contributed by atoms with Crippen molar-refractivity contribution in [2.45, 2.75) is 19.4 Å². The second-order valence-electron chi connectivity index (χ2n) is 7.89. The van der Waals surface area contributed by atoms with Crippen LogP contribution in [-0.4, -0.2) is 66.8 Å². The molecule has 1 unspecified atom stereocenters. The highest BCUT2D eigenvalue weighted by atomic mass is 19.1. The van der Waals surface area contributed by atoms with Crippen LogP contribution in [0.1, 0.15) is 13.3 Å². The Morgan fingerprint density at radius 3 is 2.91 bits per heavy atom. The van der Waals surface area contributed by atoms with Gasteiger partial charge >= 0.3 is 6.09 Å². The third-order valence-corrected chi connectivity index (χ3v) is 5.28.